The second-order valence-corrected chi connectivity index (χ2v) is 18.1. The van der Waals surface area contributed by atoms with E-state index in [-0.39, 0.29) is 6.61 Å². The van der Waals surface area contributed by atoms with Crippen LogP contribution in [0.5, 0.6) is 0 Å². The van der Waals surface area contributed by atoms with Crippen molar-refractivity contribution in [3.63, 3.8) is 0 Å². The number of benzene rings is 2. The van der Waals surface area contributed by atoms with Gasteiger partial charge in [-0.3, -0.25) is 0 Å². The Morgan fingerprint density at radius 2 is 1.67 bits per heavy atom. The number of aliphatic hydroxyl groups is 1. The third-order valence-corrected chi connectivity index (χ3v) is 6.66. The highest BCUT2D eigenvalue weighted by atomic mass is 28.3. The average Bonchev–Trinajstić information content (AvgIpc) is 2.49. The van der Waals surface area contributed by atoms with Gasteiger partial charge >= 0.3 is 0 Å². The Morgan fingerprint density at radius 3 is 2.25 bits per heavy atom. The zero-order valence-electron chi connectivity index (χ0n) is 15.7. The highest BCUT2D eigenvalue weighted by molar-refractivity contribution is 6.86. The van der Waals surface area contributed by atoms with Crippen molar-refractivity contribution in [3.8, 4) is 11.5 Å². The van der Waals surface area contributed by atoms with Crippen LogP contribution in [-0.4, -0.2) is 21.3 Å². The molecule has 126 valence electrons. The number of rotatable bonds is 3. The molecule has 0 aromatic heterocycles. The van der Waals surface area contributed by atoms with E-state index in [4.69, 9.17) is 0 Å². The van der Waals surface area contributed by atoms with Gasteiger partial charge in [0.05, 0.1) is 14.7 Å². The molecule has 0 saturated carbocycles. The largest absolute Gasteiger partial charge is 0.392 e. The van der Waals surface area contributed by atoms with Crippen molar-refractivity contribution in [2.24, 2.45) is 0 Å². The summed E-state index contributed by atoms with van der Waals surface area (Å²) < 4.78 is 0. The van der Waals surface area contributed by atoms with Gasteiger partial charge in [-0.15, -0.1) is 5.54 Å². The van der Waals surface area contributed by atoms with Crippen LogP contribution in [0.4, 0.5) is 0 Å². The average molecular weight is 353 g/mol. The molecule has 0 atom stereocenters. The Morgan fingerprint density at radius 1 is 1.00 bits per heavy atom. The number of fused-ring (bicyclic) bond motifs is 1. The lowest BCUT2D eigenvalue weighted by atomic mass is 9.99. The number of allylic oxidation sites excluding steroid dienone is 1. The maximum absolute atomic E-state index is 9.81. The maximum atomic E-state index is 9.81. The van der Waals surface area contributed by atoms with Gasteiger partial charge in [0.25, 0.3) is 0 Å². The summed E-state index contributed by atoms with van der Waals surface area (Å²) >= 11 is 0. The van der Waals surface area contributed by atoms with E-state index in [0.717, 1.165) is 11.1 Å². The van der Waals surface area contributed by atoms with Crippen LogP contribution in [0.15, 0.2) is 41.6 Å². The summed E-state index contributed by atoms with van der Waals surface area (Å²) in [6.45, 7) is 13.9. The van der Waals surface area contributed by atoms with E-state index in [0.29, 0.717) is 0 Å². The summed E-state index contributed by atoms with van der Waals surface area (Å²) in [5.41, 5.74) is 5.62. The van der Waals surface area contributed by atoms with Gasteiger partial charge in [0, 0.05) is 0 Å². The van der Waals surface area contributed by atoms with Crippen molar-refractivity contribution in [2.75, 3.05) is 0 Å². The monoisotopic (exact) mass is 352 g/mol. The molecule has 0 bridgehead atoms. The molecule has 2 aromatic rings. The topological polar surface area (TPSA) is 20.2 Å². The lowest BCUT2D eigenvalue weighted by Gasteiger charge is -2.18. The van der Waals surface area contributed by atoms with Crippen molar-refractivity contribution < 1.29 is 5.11 Å². The standard InChI is InChI=1S/C21H28OSi2/c1-23(2,3)14-13-19(24(4,5)6)15-21-18(16-22)12-11-17-9-7-8-10-20(17)21/h7-12,15,22H,16H2,1-6H3/b19-15+. The maximum Gasteiger partial charge on any atom is 0.129 e. The van der Waals surface area contributed by atoms with Crippen LogP contribution in [0.1, 0.15) is 11.1 Å². The fourth-order valence-corrected chi connectivity index (χ4v) is 4.14. The molecule has 0 unspecified atom stereocenters. The molecule has 2 aromatic carbocycles. The van der Waals surface area contributed by atoms with Gasteiger partial charge in [-0.25, -0.2) is 0 Å². The molecule has 1 nitrogen and oxygen atoms in total. The third-order valence-electron chi connectivity index (χ3n) is 3.90. The van der Waals surface area contributed by atoms with E-state index in [1.807, 2.05) is 6.07 Å². The minimum absolute atomic E-state index is 0.0527. The van der Waals surface area contributed by atoms with Gasteiger partial charge in [0.15, 0.2) is 0 Å². The molecule has 0 radical (unpaired) electrons. The first kappa shape index (κ1) is 18.7. The number of hydrogen-bond donors (Lipinski definition) is 1. The Bertz CT molecular complexity index is 825. The van der Waals surface area contributed by atoms with Crippen molar-refractivity contribution in [3.05, 3.63) is 52.7 Å². The Labute approximate surface area is 148 Å². The summed E-state index contributed by atoms with van der Waals surface area (Å²) in [4.78, 5) is 0. The molecule has 2 rings (SSSR count). The van der Waals surface area contributed by atoms with Crippen molar-refractivity contribution >= 4 is 33.0 Å². The summed E-state index contributed by atoms with van der Waals surface area (Å²) in [6, 6.07) is 12.5. The molecular formula is C21H28OSi2. The summed E-state index contributed by atoms with van der Waals surface area (Å²) in [5, 5.41) is 13.5. The van der Waals surface area contributed by atoms with Gasteiger partial charge in [-0.2, -0.15) is 0 Å². The van der Waals surface area contributed by atoms with E-state index in [2.05, 4.69) is 87.2 Å². The number of aliphatic hydroxyl groups excluding tert-OH is 1. The molecule has 0 aliphatic carbocycles. The SMILES string of the molecule is C[Si](C)(C)C#C/C(=C\c1c(CO)ccc2ccccc12)[Si](C)(C)C. The first-order valence-corrected chi connectivity index (χ1v) is 15.5. The predicted octanol–water partition coefficient (Wildman–Crippen LogP) is 5.47. The molecule has 0 spiro atoms. The van der Waals surface area contributed by atoms with Gasteiger partial charge in [0.1, 0.15) is 8.07 Å². The Kier molecular flexibility index (Phi) is 5.54. The van der Waals surface area contributed by atoms with E-state index < -0.39 is 16.1 Å². The van der Waals surface area contributed by atoms with Crippen LogP contribution in [0.25, 0.3) is 16.8 Å². The lowest BCUT2D eigenvalue weighted by molar-refractivity contribution is 0.282. The predicted molar refractivity (Wildman–Crippen MR) is 112 cm³/mol. The second kappa shape index (κ2) is 7.10. The summed E-state index contributed by atoms with van der Waals surface area (Å²) in [7, 11) is -2.98. The molecule has 0 saturated heterocycles. The molecule has 1 N–H and O–H groups in total. The Hall–Kier alpha value is -1.61. The smallest absolute Gasteiger partial charge is 0.129 e. The highest BCUT2D eigenvalue weighted by Gasteiger charge is 2.20. The van der Waals surface area contributed by atoms with Crippen molar-refractivity contribution in [2.45, 2.75) is 45.9 Å². The fourth-order valence-electron chi connectivity index (χ4n) is 2.49. The Balaban J connectivity index is 2.72. The van der Waals surface area contributed by atoms with E-state index in [1.165, 1.54) is 16.0 Å². The zero-order chi connectivity index (χ0) is 18.0. The van der Waals surface area contributed by atoms with Crippen LogP contribution in [0, 0.1) is 11.5 Å². The van der Waals surface area contributed by atoms with Crippen LogP contribution in [0.3, 0.4) is 0 Å². The lowest BCUT2D eigenvalue weighted by Crippen LogP contribution is -2.24. The molecule has 0 aliphatic rings. The normalized spacial score (nSPS) is 12.9. The van der Waals surface area contributed by atoms with Gasteiger partial charge in [-0.1, -0.05) is 81.6 Å². The van der Waals surface area contributed by atoms with E-state index in [1.54, 1.807) is 0 Å². The van der Waals surface area contributed by atoms with Crippen LogP contribution in [-0.2, 0) is 6.61 Å². The number of hydrogen-bond acceptors (Lipinski definition) is 1. The van der Waals surface area contributed by atoms with Gasteiger partial charge in [-0.05, 0) is 33.2 Å². The first-order valence-electron chi connectivity index (χ1n) is 8.49. The molecule has 24 heavy (non-hydrogen) atoms. The quantitative estimate of drug-likeness (QED) is 0.573. The van der Waals surface area contributed by atoms with Crippen LogP contribution >= 0.6 is 0 Å². The van der Waals surface area contributed by atoms with E-state index >= 15 is 0 Å². The fraction of sp³-hybridized carbons (Fsp3) is 0.333. The molecule has 0 amide bonds. The molecular weight excluding hydrogens is 324 g/mol. The molecule has 0 fully saturated rings. The van der Waals surface area contributed by atoms with Crippen LogP contribution in [0.2, 0.25) is 39.3 Å². The summed E-state index contributed by atoms with van der Waals surface area (Å²) in [5.74, 6) is 3.52. The van der Waals surface area contributed by atoms with Crippen molar-refractivity contribution in [1.29, 1.82) is 0 Å². The minimum atomic E-state index is -1.56. The second-order valence-electron chi connectivity index (χ2n) is 8.33. The molecule has 0 heterocycles. The first-order chi connectivity index (χ1) is 11.1. The highest BCUT2D eigenvalue weighted by Crippen LogP contribution is 2.27. The van der Waals surface area contributed by atoms with Crippen molar-refractivity contribution in [1.82, 2.24) is 0 Å². The van der Waals surface area contributed by atoms with E-state index in [9.17, 15) is 5.11 Å². The molecule has 3 heteroatoms. The third kappa shape index (κ3) is 4.70. The minimum Gasteiger partial charge on any atom is -0.392 e. The zero-order valence-corrected chi connectivity index (χ0v) is 17.7. The van der Waals surface area contributed by atoms with Gasteiger partial charge < -0.3 is 5.11 Å². The van der Waals surface area contributed by atoms with Crippen LogP contribution < -0.4 is 0 Å². The van der Waals surface area contributed by atoms with Gasteiger partial charge in [0.2, 0.25) is 0 Å². The molecule has 0 aliphatic heterocycles. The summed E-state index contributed by atoms with van der Waals surface area (Å²) in [6.07, 6.45) is 2.24.